The first kappa shape index (κ1) is 8.16. The molecule has 0 saturated carbocycles. The van der Waals surface area contributed by atoms with E-state index in [-0.39, 0.29) is 5.38 Å². The van der Waals surface area contributed by atoms with Crippen LogP contribution in [0.5, 0.6) is 0 Å². The highest BCUT2D eigenvalue weighted by Gasteiger charge is 2.13. The average Bonchev–Trinajstić information content (AvgIpc) is 1.88. The number of halogens is 2. The molecule has 0 saturated heterocycles. The maximum Gasteiger partial charge on any atom is 0.0596 e. The Morgan fingerprint density at radius 3 is 2.80 bits per heavy atom. The summed E-state index contributed by atoms with van der Waals surface area (Å²) in [5.41, 5.74) is 1.17. The van der Waals surface area contributed by atoms with Crippen LogP contribution in [0.25, 0.3) is 0 Å². The summed E-state index contributed by atoms with van der Waals surface area (Å²) < 4.78 is 0. The van der Waals surface area contributed by atoms with E-state index in [4.69, 9.17) is 23.2 Å². The molecular weight excluding hydrogens is 167 g/mol. The van der Waals surface area contributed by atoms with Gasteiger partial charge in [0.15, 0.2) is 0 Å². The van der Waals surface area contributed by atoms with Crippen LogP contribution in [0.1, 0.15) is 19.8 Å². The Bertz CT molecular complexity index is 180. The molecule has 0 fully saturated rings. The van der Waals surface area contributed by atoms with E-state index in [1.165, 1.54) is 5.57 Å². The van der Waals surface area contributed by atoms with Crippen molar-refractivity contribution >= 4 is 23.2 Å². The Morgan fingerprint density at radius 1 is 1.70 bits per heavy atom. The third-order valence-electron chi connectivity index (χ3n) is 1.67. The van der Waals surface area contributed by atoms with Gasteiger partial charge in [0.2, 0.25) is 0 Å². The molecule has 1 aliphatic rings. The molecule has 0 aliphatic heterocycles. The molecule has 1 aliphatic carbocycles. The highest BCUT2D eigenvalue weighted by atomic mass is 35.5. The van der Waals surface area contributed by atoms with Crippen LogP contribution in [0.4, 0.5) is 0 Å². The SMILES string of the molecule is CCC1=C(Cl)C=CCC1Cl. The summed E-state index contributed by atoms with van der Waals surface area (Å²) in [5.74, 6) is 0. The molecule has 1 atom stereocenters. The van der Waals surface area contributed by atoms with E-state index >= 15 is 0 Å². The Hall–Kier alpha value is 0.0600. The summed E-state index contributed by atoms with van der Waals surface area (Å²) in [4.78, 5) is 0. The topological polar surface area (TPSA) is 0 Å². The van der Waals surface area contributed by atoms with Crippen molar-refractivity contribution in [2.75, 3.05) is 0 Å². The van der Waals surface area contributed by atoms with Crippen LogP contribution >= 0.6 is 23.2 Å². The first-order valence-corrected chi connectivity index (χ1v) is 4.26. The van der Waals surface area contributed by atoms with Crippen LogP contribution < -0.4 is 0 Å². The predicted octanol–water partition coefficient (Wildman–Crippen LogP) is 3.46. The van der Waals surface area contributed by atoms with Crippen LogP contribution in [0.15, 0.2) is 22.8 Å². The van der Waals surface area contributed by atoms with Crippen molar-refractivity contribution in [1.82, 2.24) is 0 Å². The quantitative estimate of drug-likeness (QED) is 0.538. The first-order valence-electron chi connectivity index (χ1n) is 3.45. The van der Waals surface area contributed by atoms with Gasteiger partial charge in [0, 0.05) is 5.03 Å². The highest BCUT2D eigenvalue weighted by molar-refractivity contribution is 6.33. The van der Waals surface area contributed by atoms with Crippen molar-refractivity contribution in [3.05, 3.63) is 22.8 Å². The standard InChI is InChI=1S/C8H10Cl2/c1-2-6-7(9)4-3-5-8(6)10/h3-4,8H,2,5H2,1H3. The second kappa shape index (κ2) is 3.45. The van der Waals surface area contributed by atoms with Gasteiger partial charge in [0.05, 0.1) is 5.38 Å². The van der Waals surface area contributed by atoms with Crippen molar-refractivity contribution < 1.29 is 0 Å². The van der Waals surface area contributed by atoms with Crippen LogP contribution in [-0.2, 0) is 0 Å². The van der Waals surface area contributed by atoms with Crippen molar-refractivity contribution in [1.29, 1.82) is 0 Å². The fraction of sp³-hybridized carbons (Fsp3) is 0.500. The van der Waals surface area contributed by atoms with Gasteiger partial charge in [-0.05, 0) is 24.5 Å². The van der Waals surface area contributed by atoms with Crippen LogP contribution in [0.2, 0.25) is 0 Å². The molecule has 0 spiro atoms. The Labute approximate surface area is 71.5 Å². The molecule has 0 amide bonds. The number of hydrogen-bond acceptors (Lipinski definition) is 0. The van der Waals surface area contributed by atoms with Crippen LogP contribution in [-0.4, -0.2) is 5.38 Å². The summed E-state index contributed by atoms with van der Waals surface area (Å²) in [7, 11) is 0. The third-order valence-corrected chi connectivity index (χ3v) is 2.48. The molecule has 0 aromatic heterocycles. The first-order chi connectivity index (χ1) is 4.75. The third kappa shape index (κ3) is 1.56. The van der Waals surface area contributed by atoms with Crippen molar-refractivity contribution in [2.24, 2.45) is 0 Å². The van der Waals surface area contributed by atoms with E-state index in [1.807, 2.05) is 12.2 Å². The van der Waals surface area contributed by atoms with E-state index in [0.29, 0.717) is 0 Å². The average molecular weight is 177 g/mol. The number of allylic oxidation sites excluding steroid dienone is 4. The minimum Gasteiger partial charge on any atom is -0.118 e. The molecule has 1 rings (SSSR count). The minimum absolute atomic E-state index is 0.127. The largest absolute Gasteiger partial charge is 0.118 e. The van der Waals surface area contributed by atoms with E-state index in [0.717, 1.165) is 17.9 Å². The lowest BCUT2D eigenvalue weighted by molar-refractivity contribution is 0.898. The molecule has 56 valence electrons. The van der Waals surface area contributed by atoms with Gasteiger partial charge in [-0.2, -0.15) is 0 Å². The monoisotopic (exact) mass is 176 g/mol. The second-order valence-corrected chi connectivity index (χ2v) is 3.27. The highest BCUT2D eigenvalue weighted by Crippen LogP contribution is 2.28. The van der Waals surface area contributed by atoms with Gasteiger partial charge < -0.3 is 0 Å². The van der Waals surface area contributed by atoms with Crippen LogP contribution in [0, 0.1) is 0 Å². The molecule has 0 N–H and O–H groups in total. The summed E-state index contributed by atoms with van der Waals surface area (Å²) in [5, 5.41) is 0.955. The summed E-state index contributed by atoms with van der Waals surface area (Å²) in [6.45, 7) is 2.08. The molecule has 0 aromatic rings. The molecule has 10 heavy (non-hydrogen) atoms. The van der Waals surface area contributed by atoms with E-state index < -0.39 is 0 Å². The fourth-order valence-corrected chi connectivity index (χ4v) is 1.87. The van der Waals surface area contributed by atoms with Gasteiger partial charge in [-0.3, -0.25) is 0 Å². The summed E-state index contributed by atoms with van der Waals surface area (Å²) in [6, 6.07) is 0. The van der Waals surface area contributed by atoms with Crippen molar-refractivity contribution in [2.45, 2.75) is 25.1 Å². The maximum atomic E-state index is 5.98. The van der Waals surface area contributed by atoms with Crippen molar-refractivity contribution in [3.63, 3.8) is 0 Å². The zero-order valence-corrected chi connectivity index (χ0v) is 7.41. The molecule has 0 heterocycles. The fourth-order valence-electron chi connectivity index (χ4n) is 1.08. The van der Waals surface area contributed by atoms with E-state index in [9.17, 15) is 0 Å². The van der Waals surface area contributed by atoms with Crippen LogP contribution in [0.3, 0.4) is 0 Å². The summed E-state index contributed by atoms with van der Waals surface area (Å²) in [6.07, 6.45) is 5.82. The lowest BCUT2D eigenvalue weighted by atomic mass is 10.0. The van der Waals surface area contributed by atoms with E-state index in [2.05, 4.69) is 6.92 Å². The Kier molecular flexibility index (Phi) is 2.82. The maximum absolute atomic E-state index is 5.98. The smallest absolute Gasteiger partial charge is 0.0596 e. The lowest BCUT2D eigenvalue weighted by Gasteiger charge is -2.15. The molecule has 0 radical (unpaired) electrons. The van der Waals surface area contributed by atoms with E-state index in [1.54, 1.807) is 0 Å². The van der Waals surface area contributed by atoms with Gasteiger partial charge in [0.25, 0.3) is 0 Å². The van der Waals surface area contributed by atoms with Gasteiger partial charge in [-0.25, -0.2) is 0 Å². The lowest BCUT2D eigenvalue weighted by Crippen LogP contribution is -2.05. The molecule has 0 bridgehead atoms. The normalized spacial score (nSPS) is 25.7. The molecule has 2 heteroatoms. The zero-order valence-electron chi connectivity index (χ0n) is 5.90. The second-order valence-electron chi connectivity index (χ2n) is 2.33. The number of alkyl halides is 1. The van der Waals surface area contributed by atoms with Gasteiger partial charge in [-0.1, -0.05) is 24.6 Å². The zero-order chi connectivity index (χ0) is 7.56. The van der Waals surface area contributed by atoms with Gasteiger partial charge >= 0.3 is 0 Å². The van der Waals surface area contributed by atoms with Gasteiger partial charge in [-0.15, -0.1) is 11.6 Å². The summed E-state index contributed by atoms with van der Waals surface area (Å²) >= 11 is 11.9. The molecule has 0 aromatic carbocycles. The number of rotatable bonds is 1. The van der Waals surface area contributed by atoms with Crippen molar-refractivity contribution in [3.8, 4) is 0 Å². The molecular formula is C8H10Cl2. The molecule has 0 nitrogen and oxygen atoms in total. The Balaban J connectivity index is 2.83. The predicted molar refractivity (Wildman–Crippen MR) is 46.6 cm³/mol. The van der Waals surface area contributed by atoms with Gasteiger partial charge in [0.1, 0.15) is 0 Å². The number of hydrogen-bond donors (Lipinski definition) is 0. The Morgan fingerprint density at radius 2 is 2.40 bits per heavy atom. The minimum atomic E-state index is 0.127. The molecule has 1 unspecified atom stereocenters.